The highest BCUT2D eigenvalue weighted by atomic mass is 16.2. The molecule has 0 aliphatic carbocycles. The molecule has 1 fully saturated rings. The number of rotatable bonds is 5. The predicted molar refractivity (Wildman–Crippen MR) is 88.7 cm³/mol. The van der Waals surface area contributed by atoms with Gasteiger partial charge < -0.3 is 10.2 Å². The first-order chi connectivity index (χ1) is 10.7. The zero-order valence-corrected chi connectivity index (χ0v) is 13.6. The van der Waals surface area contributed by atoms with Crippen LogP contribution < -0.4 is 5.32 Å². The van der Waals surface area contributed by atoms with E-state index in [4.69, 9.17) is 0 Å². The molecule has 1 aliphatic rings. The topological polar surface area (TPSA) is 49.4 Å². The Morgan fingerprint density at radius 1 is 1.23 bits per heavy atom. The Balaban J connectivity index is 1.95. The SMILES string of the molecule is CCc1ccccc1NC(=O)CC(=O)N1CCCCC1CC. The van der Waals surface area contributed by atoms with Crippen LogP contribution in [0.3, 0.4) is 0 Å². The number of para-hydroxylation sites is 1. The van der Waals surface area contributed by atoms with Gasteiger partial charge in [0.25, 0.3) is 0 Å². The lowest BCUT2D eigenvalue weighted by Crippen LogP contribution is -2.44. The summed E-state index contributed by atoms with van der Waals surface area (Å²) in [6.45, 7) is 4.94. The molecule has 4 nitrogen and oxygen atoms in total. The minimum atomic E-state index is -0.216. The number of piperidine rings is 1. The van der Waals surface area contributed by atoms with Gasteiger partial charge >= 0.3 is 0 Å². The smallest absolute Gasteiger partial charge is 0.233 e. The van der Waals surface area contributed by atoms with Crippen LogP contribution in [0.1, 0.15) is 51.5 Å². The Morgan fingerprint density at radius 2 is 2.00 bits per heavy atom. The summed E-state index contributed by atoms with van der Waals surface area (Å²) in [5.74, 6) is -0.260. The molecular formula is C18H26N2O2. The van der Waals surface area contributed by atoms with Crippen LogP contribution >= 0.6 is 0 Å². The molecule has 0 saturated carbocycles. The van der Waals surface area contributed by atoms with E-state index in [1.807, 2.05) is 29.2 Å². The number of nitrogens with one attached hydrogen (secondary N) is 1. The van der Waals surface area contributed by atoms with E-state index in [1.165, 1.54) is 6.42 Å². The second-order valence-electron chi connectivity index (χ2n) is 5.88. The normalized spacial score (nSPS) is 18.1. The van der Waals surface area contributed by atoms with Crippen LogP contribution in [0.15, 0.2) is 24.3 Å². The fraction of sp³-hybridized carbons (Fsp3) is 0.556. The number of benzene rings is 1. The van der Waals surface area contributed by atoms with Crippen LogP contribution in [0.25, 0.3) is 0 Å². The summed E-state index contributed by atoms with van der Waals surface area (Å²) in [6, 6.07) is 8.04. The summed E-state index contributed by atoms with van der Waals surface area (Å²) in [6.07, 6.45) is 5.04. The lowest BCUT2D eigenvalue weighted by Gasteiger charge is -2.35. The number of likely N-dealkylation sites (tertiary alicyclic amines) is 1. The van der Waals surface area contributed by atoms with E-state index in [0.29, 0.717) is 6.04 Å². The summed E-state index contributed by atoms with van der Waals surface area (Å²) >= 11 is 0. The van der Waals surface area contributed by atoms with Crippen LogP contribution in [0.4, 0.5) is 5.69 Å². The number of nitrogens with zero attached hydrogens (tertiary/aromatic N) is 1. The molecule has 2 amide bonds. The number of carbonyl (C=O) groups excluding carboxylic acids is 2. The van der Waals surface area contributed by atoms with Gasteiger partial charge in [-0.25, -0.2) is 0 Å². The predicted octanol–water partition coefficient (Wildman–Crippen LogP) is 3.37. The molecule has 2 rings (SSSR count). The minimum Gasteiger partial charge on any atom is -0.339 e. The molecule has 22 heavy (non-hydrogen) atoms. The summed E-state index contributed by atoms with van der Waals surface area (Å²) in [5, 5.41) is 2.88. The molecule has 4 heteroatoms. The van der Waals surface area contributed by atoms with E-state index in [0.717, 1.165) is 43.5 Å². The summed E-state index contributed by atoms with van der Waals surface area (Å²) in [5.41, 5.74) is 1.90. The lowest BCUT2D eigenvalue weighted by atomic mass is 9.99. The summed E-state index contributed by atoms with van der Waals surface area (Å²) < 4.78 is 0. The van der Waals surface area contributed by atoms with Crippen LogP contribution in [0, 0.1) is 0 Å². The zero-order chi connectivity index (χ0) is 15.9. The number of amides is 2. The second kappa shape index (κ2) is 7.97. The van der Waals surface area contributed by atoms with Crippen molar-refractivity contribution in [1.29, 1.82) is 0 Å². The Labute approximate surface area is 132 Å². The maximum atomic E-state index is 12.4. The van der Waals surface area contributed by atoms with Crippen molar-refractivity contribution in [2.75, 3.05) is 11.9 Å². The fourth-order valence-electron chi connectivity index (χ4n) is 3.14. The van der Waals surface area contributed by atoms with E-state index in [9.17, 15) is 9.59 Å². The largest absolute Gasteiger partial charge is 0.339 e. The summed E-state index contributed by atoms with van der Waals surface area (Å²) in [7, 11) is 0. The van der Waals surface area contributed by atoms with Gasteiger partial charge in [-0.2, -0.15) is 0 Å². The van der Waals surface area contributed by atoms with E-state index >= 15 is 0 Å². The molecule has 0 aromatic heterocycles. The molecule has 0 spiro atoms. The van der Waals surface area contributed by atoms with Crippen molar-refractivity contribution < 1.29 is 9.59 Å². The van der Waals surface area contributed by atoms with Crippen LogP contribution in [-0.4, -0.2) is 29.3 Å². The van der Waals surface area contributed by atoms with E-state index in [1.54, 1.807) is 0 Å². The van der Waals surface area contributed by atoms with Crippen molar-refractivity contribution in [1.82, 2.24) is 4.90 Å². The molecule has 0 bridgehead atoms. The maximum absolute atomic E-state index is 12.4. The molecule has 1 N–H and O–H groups in total. The van der Waals surface area contributed by atoms with Gasteiger partial charge in [-0.05, 0) is 43.7 Å². The third-order valence-electron chi connectivity index (χ3n) is 4.40. The standard InChI is InChI=1S/C18H26N2O2/c1-3-14-9-5-6-11-16(14)19-17(21)13-18(22)20-12-8-7-10-15(20)4-2/h5-6,9,11,15H,3-4,7-8,10,12-13H2,1-2H3,(H,19,21). The maximum Gasteiger partial charge on any atom is 0.233 e. The third kappa shape index (κ3) is 4.09. The lowest BCUT2D eigenvalue weighted by molar-refractivity contribution is -0.137. The van der Waals surface area contributed by atoms with Crippen molar-refractivity contribution in [3.05, 3.63) is 29.8 Å². The number of hydrogen-bond acceptors (Lipinski definition) is 2. The van der Waals surface area contributed by atoms with Gasteiger partial charge in [-0.15, -0.1) is 0 Å². The van der Waals surface area contributed by atoms with Crippen LogP contribution in [0.5, 0.6) is 0 Å². The first-order valence-corrected chi connectivity index (χ1v) is 8.33. The Morgan fingerprint density at radius 3 is 2.73 bits per heavy atom. The fourth-order valence-corrected chi connectivity index (χ4v) is 3.14. The van der Waals surface area contributed by atoms with E-state index in [-0.39, 0.29) is 18.2 Å². The Bertz CT molecular complexity index is 528. The number of anilines is 1. The van der Waals surface area contributed by atoms with Crippen LogP contribution in [0.2, 0.25) is 0 Å². The van der Waals surface area contributed by atoms with Gasteiger partial charge in [0.05, 0.1) is 0 Å². The number of aryl methyl sites for hydroxylation is 1. The Kier molecular flexibility index (Phi) is 5.99. The van der Waals surface area contributed by atoms with Gasteiger partial charge in [0.1, 0.15) is 6.42 Å². The van der Waals surface area contributed by atoms with Crippen molar-refractivity contribution in [3.8, 4) is 0 Å². The third-order valence-corrected chi connectivity index (χ3v) is 4.40. The monoisotopic (exact) mass is 302 g/mol. The highest BCUT2D eigenvalue weighted by Crippen LogP contribution is 2.21. The molecule has 1 aliphatic heterocycles. The highest BCUT2D eigenvalue weighted by molar-refractivity contribution is 6.04. The van der Waals surface area contributed by atoms with E-state index in [2.05, 4.69) is 19.2 Å². The van der Waals surface area contributed by atoms with Gasteiger partial charge in [-0.1, -0.05) is 32.0 Å². The average Bonchev–Trinajstić information content (AvgIpc) is 2.55. The quantitative estimate of drug-likeness (QED) is 0.848. The van der Waals surface area contributed by atoms with Gasteiger partial charge in [0, 0.05) is 18.3 Å². The molecule has 1 aromatic carbocycles. The number of carbonyl (C=O) groups is 2. The highest BCUT2D eigenvalue weighted by Gasteiger charge is 2.26. The van der Waals surface area contributed by atoms with Gasteiger partial charge in [0.2, 0.25) is 11.8 Å². The molecule has 0 radical (unpaired) electrons. The van der Waals surface area contributed by atoms with Crippen molar-refractivity contribution in [2.45, 2.75) is 58.4 Å². The first kappa shape index (κ1) is 16.5. The van der Waals surface area contributed by atoms with Gasteiger partial charge in [-0.3, -0.25) is 9.59 Å². The molecule has 1 aromatic rings. The first-order valence-electron chi connectivity index (χ1n) is 8.33. The van der Waals surface area contributed by atoms with Crippen molar-refractivity contribution in [2.24, 2.45) is 0 Å². The van der Waals surface area contributed by atoms with Crippen molar-refractivity contribution >= 4 is 17.5 Å². The van der Waals surface area contributed by atoms with Crippen LogP contribution in [-0.2, 0) is 16.0 Å². The zero-order valence-electron chi connectivity index (χ0n) is 13.6. The second-order valence-corrected chi connectivity index (χ2v) is 5.88. The van der Waals surface area contributed by atoms with Gasteiger partial charge in [0.15, 0.2) is 0 Å². The molecule has 120 valence electrons. The molecule has 1 heterocycles. The van der Waals surface area contributed by atoms with E-state index < -0.39 is 0 Å². The Hall–Kier alpha value is -1.84. The van der Waals surface area contributed by atoms with Crippen molar-refractivity contribution in [3.63, 3.8) is 0 Å². The minimum absolute atomic E-state index is 0.0435. The molecular weight excluding hydrogens is 276 g/mol. The molecule has 1 unspecified atom stereocenters. The molecule has 1 atom stereocenters. The molecule has 1 saturated heterocycles. The number of hydrogen-bond donors (Lipinski definition) is 1. The summed E-state index contributed by atoms with van der Waals surface area (Å²) in [4.78, 5) is 26.5. The average molecular weight is 302 g/mol.